The first-order valence-corrected chi connectivity index (χ1v) is 9.91. The van der Waals surface area contributed by atoms with Crippen LogP contribution in [0.5, 0.6) is 0 Å². The molecule has 2 aromatic rings. The van der Waals surface area contributed by atoms with Crippen molar-refractivity contribution in [2.75, 3.05) is 38.1 Å². The molecule has 0 bridgehead atoms. The van der Waals surface area contributed by atoms with Crippen molar-refractivity contribution in [1.82, 2.24) is 25.0 Å². The Labute approximate surface area is 165 Å². The molecule has 27 heavy (non-hydrogen) atoms. The van der Waals surface area contributed by atoms with E-state index >= 15 is 0 Å². The Balaban J connectivity index is 1.35. The Morgan fingerprint density at radius 2 is 2.00 bits per heavy atom. The third kappa shape index (κ3) is 3.74. The number of hydrogen-bond donors (Lipinski definition) is 1. The molecule has 0 amide bonds. The minimum absolute atomic E-state index is 0.660. The van der Waals surface area contributed by atoms with Gasteiger partial charge in [-0.05, 0) is 31.0 Å². The maximum Gasteiger partial charge on any atom is 0.194 e. The van der Waals surface area contributed by atoms with Gasteiger partial charge in [0.15, 0.2) is 11.8 Å². The molecule has 4 rings (SSSR count). The van der Waals surface area contributed by atoms with E-state index in [1.165, 1.54) is 11.3 Å². The van der Waals surface area contributed by atoms with Gasteiger partial charge in [-0.1, -0.05) is 17.7 Å². The Kier molecular flexibility index (Phi) is 5.20. The van der Waals surface area contributed by atoms with Crippen molar-refractivity contribution in [3.05, 3.63) is 40.4 Å². The summed E-state index contributed by atoms with van der Waals surface area (Å²) in [6.45, 7) is 7.55. The van der Waals surface area contributed by atoms with Gasteiger partial charge in [0.05, 0.1) is 6.54 Å². The van der Waals surface area contributed by atoms with Crippen LogP contribution >= 0.6 is 11.6 Å². The van der Waals surface area contributed by atoms with Crippen molar-refractivity contribution < 1.29 is 0 Å². The predicted octanol–water partition coefficient (Wildman–Crippen LogP) is 2.08. The minimum Gasteiger partial charge on any atom is -0.368 e. The monoisotopic (exact) mass is 387 g/mol. The van der Waals surface area contributed by atoms with Crippen LogP contribution in [0.15, 0.2) is 23.2 Å². The zero-order chi connectivity index (χ0) is 18.8. The van der Waals surface area contributed by atoms with E-state index in [9.17, 15) is 0 Å². The van der Waals surface area contributed by atoms with Crippen molar-refractivity contribution in [1.29, 1.82) is 0 Å². The average Bonchev–Trinajstić information content (AvgIpc) is 3.29. The van der Waals surface area contributed by atoms with E-state index in [1.807, 2.05) is 13.1 Å². The molecular weight excluding hydrogens is 362 g/mol. The molecule has 0 radical (unpaired) electrons. The molecule has 0 spiro atoms. The van der Waals surface area contributed by atoms with Gasteiger partial charge in [0, 0.05) is 56.9 Å². The van der Waals surface area contributed by atoms with Gasteiger partial charge >= 0.3 is 0 Å². The maximum atomic E-state index is 6.19. The Morgan fingerprint density at radius 1 is 1.19 bits per heavy atom. The highest BCUT2D eigenvalue weighted by atomic mass is 35.5. The lowest BCUT2D eigenvalue weighted by atomic mass is 10.1. The van der Waals surface area contributed by atoms with Crippen molar-refractivity contribution in [3.8, 4) is 0 Å². The van der Waals surface area contributed by atoms with E-state index in [4.69, 9.17) is 11.6 Å². The van der Waals surface area contributed by atoms with Crippen LogP contribution in [-0.2, 0) is 19.5 Å². The number of aromatic nitrogens is 3. The molecule has 1 saturated heterocycles. The fourth-order valence-corrected chi connectivity index (χ4v) is 4.08. The number of piperazine rings is 1. The maximum absolute atomic E-state index is 6.19. The van der Waals surface area contributed by atoms with Crippen LogP contribution in [0, 0.1) is 6.92 Å². The second-order valence-corrected chi connectivity index (χ2v) is 7.53. The number of aliphatic imine (C=N–C) groups is 1. The molecule has 0 aliphatic carbocycles. The van der Waals surface area contributed by atoms with Gasteiger partial charge in [-0.15, -0.1) is 10.2 Å². The summed E-state index contributed by atoms with van der Waals surface area (Å²) in [5.41, 5.74) is 2.49. The number of guanidine groups is 1. The van der Waals surface area contributed by atoms with Gasteiger partial charge in [0.1, 0.15) is 5.82 Å². The minimum atomic E-state index is 0.660. The fourth-order valence-electron chi connectivity index (χ4n) is 3.91. The summed E-state index contributed by atoms with van der Waals surface area (Å²) in [6.07, 6.45) is 2.20. The molecule has 8 heteroatoms. The first-order valence-electron chi connectivity index (χ1n) is 9.53. The summed E-state index contributed by atoms with van der Waals surface area (Å²) in [6, 6.07) is 6.09. The van der Waals surface area contributed by atoms with Crippen LogP contribution in [0.3, 0.4) is 0 Å². The predicted molar refractivity (Wildman–Crippen MR) is 109 cm³/mol. The number of hydrogen-bond acceptors (Lipinski definition) is 4. The van der Waals surface area contributed by atoms with E-state index in [0.717, 1.165) is 68.2 Å². The van der Waals surface area contributed by atoms with Crippen molar-refractivity contribution >= 4 is 23.2 Å². The number of halogens is 1. The van der Waals surface area contributed by atoms with Crippen LogP contribution in [0.2, 0.25) is 5.02 Å². The van der Waals surface area contributed by atoms with Crippen molar-refractivity contribution in [2.24, 2.45) is 4.99 Å². The number of rotatable bonds is 3. The smallest absolute Gasteiger partial charge is 0.194 e. The third-order valence-corrected chi connectivity index (χ3v) is 5.63. The van der Waals surface area contributed by atoms with E-state index in [0.29, 0.717) is 6.54 Å². The first kappa shape index (κ1) is 18.1. The normalized spacial score (nSPS) is 17.4. The lowest BCUT2D eigenvalue weighted by Gasteiger charge is -2.38. The van der Waals surface area contributed by atoms with Crippen molar-refractivity contribution in [2.45, 2.75) is 32.9 Å². The number of fused-ring (bicyclic) bond motifs is 1. The quantitative estimate of drug-likeness (QED) is 0.645. The van der Waals surface area contributed by atoms with Gasteiger partial charge in [0.25, 0.3) is 0 Å². The molecule has 0 saturated carbocycles. The Hall–Kier alpha value is -2.28. The standard InChI is InChI=1S/C19H26ClN7/c1-14-5-6-15(20)12-16(14)25-8-10-26(11-9-25)19(21-2)22-13-18-24-23-17-4-3-7-27(17)18/h5-6,12H,3-4,7-11,13H2,1-2H3,(H,21,22). The zero-order valence-corrected chi connectivity index (χ0v) is 16.7. The summed E-state index contributed by atoms with van der Waals surface area (Å²) in [5, 5.41) is 12.8. The fraction of sp³-hybridized carbons (Fsp3) is 0.526. The summed E-state index contributed by atoms with van der Waals surface area (Å²) in [4.78, 5) is 9.17. The Bertz CT molecular complexity index is 837. The molecule has 1 aromatic carbocycles. The summed E-state index contributed by atoms with van der Waals surface area (Å²) < 4.78 is 2.22. The SMILES string of the molecule is CN=C(NCc1nnc2n1CCC2)N1CCN(c2cc(Cl)ccc2C)CC1. The number of benzene rings is 1. The molecule has 1 N–H and O–H groups in total. The van der Waals surface area contributed by atoms with Crippen LogP contribution in [-0.4, -0.2) is 58.9 Å². The van der Waals surface area contributed by atoms with Crippen LogP contribution < -0.4 is 10.2 Å². The van der Waals surface area contributed by atoms with E-state index in [-0.39, 0.29) is 0 Å². The molecule has 0 unspecified atom stereocenters. The largest absolute Gasteiger partial charge is 0.368 e. The molecule has 2 aliphatic rings. The average molecular weight is 388 g/mol. The van der Waals surface area contributed by atoms with Gasteiger partial charge < -0.3 is 19.7 Å². The highest BCUT2D eigenvalue weighted by Gasteiger charge is 2.22. The molecule has 7 nitrogen and oxygen atoms in total. The number of anilines is 1. The summed E-state index contributed by atoms with van der Waals surface area (Å²) >= 11 is 6.19. The first-order chi connectivity index (χ1) is 13.2. The summed E-state index contributed by atoms with van der Waals surface area (Å²) in [5.74, 6) is 3.02. The topological polar surface area (TPSA) is 61.6 Å². The highest BCUT2D eigenvalue weighted by molar-refractivity contribution is 6.30. The van der Waals surface area contributed by atoms with Gasteiger partial charge in [-0.25, -0.2) is 0 Å². The lowest BCUT2D eigenvalue weighted by Crippen LogP contribution is -2.52. The molecule has 2 aliphatic heterocycles. The highest BCUT2D eigenvalue weighted by Crippen LogP contribution is 2.25. The molecule has 1 aromatic heterocycles. The molecule has 3 heterocycles. The lowest BCUT2D eigenvalue weighted by molar-refractivity contribution is 0.371. The molecule has 0 atom stereocenters. The summed E-state index contributed by atoms with van der Waals surface area (Å²) in [7, 11) is 1.84. The molecule has 144 valence electrons. The van der Waals surface area contributed by atoms with Crippen molar-refractivity contribution in [3.63, 3.8) is 0 Å². The number of nitrogens with one attached hydrogen (secondary N) is 1. The number of nitrogens with zero attached hydrogens (tertiary/aromatic N) is 6. The zero-order valence-electron chi connectivity index (χ0n) is 16.0. The van der Waals surface area contributed by atoms with E-state index in [1.54, 1.807) is 0 Å². The van der Waals surface area contributed by atoms with Gasteiger partial charge in [-0.3, -0.25) is 4.99 Å². The van der Waals surface area contributed by atoms with E-state index in [2.05, 4.69) is 53.9 Å². The molecular formula is C19H26ClN7. The van der Waals surface area contributed by atoms with E-state index < -0.39 is 0 Å². The number of aryl methyl sites for hydroxylation is 2. The second kappa shape index (κ2) is 7.76. The van der Waals surface area contributed by atoms with Gasteiger partial charge in [-0.2, -0.15) is 0 Å². The second-order valence-electron chi connectivity index (χ2n) is 7.09. The van der Waals surface area contributed by atoms with Crippen LogP contribution in [0.1, 0.15) is 23.6 Å². The Morgan fingerprint density at radius 3 is 2.78 bits per heavy atom. The van der Waals surface area contributed by atoms with Crippen LogP contribution in [0.4, 0.5) is 5.69 Å². The van der Waals surface area contributed by atoms with Crippen LogP contribution in [0.25, 0.3) is 0 Å². The molecule has 1 fully saturated rings. The third-order valence-electron chi connectivity index (χ3n) is 5.39. The van der Waals surface area contributed by atoms with Gasteiger partial charge in [0.2, 0.25) is 0 Å².